The molecule has 0 aliphatic carbocycles. The number of hydrogen-bond donors (Lipinski definition) is 0. The van der Waals surface area contributed by atoms with Gasteiger partial charge in [0.15, 0.2) is 0 Å². The number of aromatic nitrogens is 3. The lowest BCUT2D eigenvalue weighted by atomic mass is 10.1. The van der Waals surface area contributed by atoms with Crippen LogP contribution in [0.2, 0.25) is 0 Å². The third kappa shape index (κ3) is 2.81. The topological polar surface area (TPSA) is 51.8 Å². The van der Waals surface area contributed by atoms with Gasteiger partial charge in [0, 0.05) is 5.69 Å². The highest BCUT2D eigenvalue weighted by atomic mass is 35.5. The van der Waals surface area contributed by atoms with Crippen LogP contribution >= 0.6 is 11.6 Å². The molecule has 0 fully saturated rings. The van der Waals surface area contributed by atoms with Gasteiger partial charge in [-0.3, -0.25) is 4.98 Å². The molecule has 4 nitrogen and oxygen atoms in total. The number of alkyl halides is 1. The first-order valence-electron chi connectivity index (χ1n) is 6.62. The average Bonchev–Trinajstić information content (AvgIpc) is 2.97. The molecule has 5 heteroatoms. The van der Waals surface area contributed by atoms with Crippen LogP contribution in [0.1, 0.15) is 28.2 Å². The molecule has 3 rings (SSSR count). The fraction of sp³-hybridized carbons (Fsp3) is 0.188. The Morgan fingerprint density at radius 2 is 1.76 bits per heavy atom. The number of pyridine rings is 1. The van der Waals surface area contributed by atoms with Gasteiger partial charge in [-0.05, 0) is 31.5 Å². The van der Waals surface area contributed by atoms with Crippen LogP contribution in [0, 0.1) is 13.8 Å². The van der Waals surface area contributed by atoms with E-state index in [1.54, 1.807) is 0 Å². The van der Waals surface area contributed by atoms with Gasteiger partial charge in [0.2, 0.25) is 11.8 Å². The zero-order chi connectivity index (χ0) is 14.8. The van der Waals surface area contributed by atoms with Crippen LogP contribution in [-0.4, -0.2) is 15.2 Å². The van der Waals surface area contributed by atoms with Crippen LogP contribution < -0.4 is 0 Å². The van der Waals surface area contributed by atoms with E-state index in [1.165, 1.54) is 0 Å². The molecule has 106 valence electrons. The Hall–Kier alpha value is -2.20. The predicted octanol–water partition coefficient (Wildman–Crippen LogP) is 4.08. The van der Waals surface area contributed by atoms with Crippen LogP contribution in [0.3, 0.4) is 0 Å². The Kier molecular flexibility index (Phi) is 3.71. The molecule has 0 saturated carbocycles. The molecule has 0 saturated heterocycles. The quantitative estimate of drug-likeness (QED) is 0.684. The largest absolute Gasteiger partial charge is 0.419 e. The molecule has 0 N–H and O–H groups in total. The normalized spacial score (nSPS) is 12.3. The number of nitrogens with zero attached hydrogens (tertiary/aromatic N) is 3. The highest BCUT2D eigenvalue weighted by Gasteiger charge is 2.19. The summed E-state index contributed by atoms with van der Waals surface area (Å²) in [4.78, 5) is 4.40. The summed E-state index contributed by atoms with van der Waals surface area (Å²) in [5.41, 5.74) is 3.57. The summed E-state index contributed by atoms with van der Waals surface area (Å²) in [6.45, 7) is 3.86. The smallest absolute Gasteiger partial charge is 0.249 e. The fourth-order valence-corrected chi connectivity index (χ4v) is 2.36. The molecule has 3 aromatic rings. The molecular weight excluding hydrogens is 286 g/mol. The van der Waals surface area contributed by atoms with Crippen molar-refractivity contribution in [3.63, 3.8) is 0 Å². The molecule has 0 bridgehead atoms. The summed E-state index contributed by atoms with van der Waals surface area (Å²) in [7, 11) is 0. The summed E-state index contributed by atoms with van der Waals surface area (Å²) in [6.07, 6.45) is 0. The molecule has 1 aromatic carbocycles. The van der Waals surface area contributed by atoms with Gasteiger partial charge in [-0.15, -0.1) is 21.8 Å². The summed E-state index contributed by atoms with van der Waals surface area (Å²) in [5, 5.41) is 7.69. The Balaban J connectivity index is 1.93. The lowest BCUT2D eigenvalue weighted by Crippen LogP contribution is -1.92. The lowest BCUT2D eigenvalue weighted by molar-refractivity contribution is 0.512. The number of hydrogen-bond acceptors (Lipinski definition) is 4. The van der Waals surface area contributed by atoms with E-state index in [1.807, 2.05) is 56.3 Å². The molecule has 0 aliphatic rings. The molecular formula is C16H14ClN3O. The monoisotopic (exact) mass is 299 g/mol. The van der Waals surface area contributed by atoms with E-state index in [0.717, 1.165) is 22.5 Å². The Labute approximate surface area is 127 Å². The van der Waals surface area contributed by atoms with Crippen molar-refractivity contribution in [2.24, 2.45) is 0 Å². The van der Waals surface area contributed by atoms with Crippen molar-refractivity contribution in [1.29, 1.82) is 0 Å². The average molecular weight is 300 g/mol. The molecule has 21 heavy (non-hydrogen) atoms. The third-order valence-corrected chi connectivity index (χ3v) is 3.64. The first-order valence-corrected chi connectivity index (χ1v) is 7.06. The predicted molar refractivity (Wildman–Crippen MR) is 81.1 cm³/mol. The van der Waals surface area contributed by atoms with Crippen molar-refractivity contribution in [3.8, 4) is 11.5 Å². The van der Waals surface area contributed by atoms with Crippen LogP contribution in [0.4, 0.5) is 0 Å². The summed E-state index contributed by atoms with van der Waals surface area (Å²) in [6, 6.07) is 13.5. The second-order valence-electron chi connectivity index (χ2n) is 4.80. The first-order chi connectivity index (χ1) is 10.1. The zero-order valence-electron chi connectivity index (χ0n) is 11.7. The van der Waals surface area contributed by atoms with Gasteiger partial charge in [0.1, 0.15) is 5.38 Å². The molecule has 2 heterocycles. The molecule has 0 aliphatic heterocycles. The molecule has 2 aromatic heterocycles. The van der Waals surface area contributed by atoms with Crippen molar-refractivity contribution < 1.29 is 4.42 Å². The van der Waals surface area contributed by atoms with Crippen LogP contribution in [0.15, 0.2) is 46.9 Å². The van der Waals surface area contributed by atoms with Crippen molar-refractivity contribution >= 4 is 11.6 Å². The van der Waals surface area contributed by atoms with E-state index in [0.29, 0.717) is 11.8 Å². The van der Waals surface area contributed by atoms with E-state index in [2.05, 4.69) is 15.2 Å². The number of benzene rings is 1. The van der Waals surface area contributed by atoms with Crippen molar-refractivity contribution in [2.45, 2.75) is 19.2 Å². The van der Waals surface area contributed by atoms with Crippen molar-refractivity contribution in [2.75, 3.05) is 0 Å². The second-order valence-corrected chi connectivity index (χ2v) is 5.24. The number of halogens is 1. The minimum absolute atomic E-state index is 0.387. The standard InChI is InChI=1S/C16H14ClN3O/c1-10-8-9-13(11(2)18-10)15-19-20-16(21-15)14(17)12-6-4-3-5-7-12/h3-9,14H,1-2H3. The van der Waals surface area contributed by atoms with E-state index < -0.39 is 5.38 Å². The van der Waals surface area contributed by atoms with Gasteiger partial charge in [-0.2, -0.15) is 0 Å². The van der Waals surface area contributed by atoms with Gasteiger partial charge >= 0.3 is 0 Å². The highest BCUT2D eigenvalue weighted by molar-refractivity contribution is 6.22. The summed E-state index contributed by atoms with van der Waals surface area (Å²) < 4.78 is 5.71. The molecule has 0 radical (unpaired) electrons. The molecule has 0 amide bonds. The molecule has 1 unspecified atom stereocenters. The molecule has 0 spiro atoms. The summed E-state index contributed by atoms with van der Waals surface area (Å²) >= 11 is 6.39. The van der Waals surface area contributed by atoms with Crippen molar-refractivity contribution in [1.82, 2.24) is 15.2 Å². The number of aryl methyl sites for hydroxylation is 2. The highest BCUT2D eigenvalue weighted by Crippen LogP contribution is 2.30. The van der Waals surface area contributed by atoms with Crippen LogP contribution in [0.5, 0.6) is 0 Å². The maximum Gasteiger partial charge on any atom is 0.249 e. The minimum atomic E-state index is -0.453. The Morgan fingerprint density at radius 3 is 2.48 bits per heavy atom. The zero-order valence-corrected chi connectivity index (χ0v) is 12.5. The molecule has 1 atom stereocenters. The Morgan fingerprint density at radius 1 is 1.00 bits per heavy atom. The lowest BCUT2D eigenvalue weighted by Gasteiger charge is -2.04. The van der Waals surface area contributed by atoms with Gasteiger partial charge in [-0.1, -0.05) is 30.3 Å². The first kappa shape index (κ1) is 13.8. The van der Waals surface area contributed by atoms with Crippen molar-refractivity contribution in [3.05, 3.63) is 65.3 Å². The van der Waals surface area contributed by atoms with E-state index in [-0.39, 0.29) is 0 Å². The SMILES string of the molecule is Cc1ccc(-c2nnc(C(Cl)c3ccccc3)o2)c(C)n1. The van der Waals surface area contributed by atoms with E-state index >= 15 is 0 Å². The summed E-state index contributed by atoms with van der Waals surface area (Å²) in [5.74, 6) is 0.828. The van der Waals surface area contributed by atoms with Gasteiger partial charge in [-0.25, -0.2) is 0 Å². The Bertz CT molecular complexity index is 755. The van der Waals surface area contributed by atoms with E-state index in [9.17, 15) is 0 Å². The number of rotatable bonds is 3. The minimum Gasteiger partial charge on any atom is -0.419 e. The van der Waals surface area contributed by atoms with E-state index in [4.69, 9.17) is 16.0 Å². The fourth-order valence-electron chi connectivity index (χ4n) is 2.12. The maximum absolute atomic E-state index is 6.39. The van der Waals surface area contributed by atoms with Gasteiger partial charge < -0.3 is 4.42 Å². The second kappa shape index (κ2) is 5.66. The van der Waals surface area contributed by atoms with Crippen LogP contribution in [0.25, 0.3) is 11.5 Å². The van der Waals surface area contributed by atoms with Gasteiger partial charge in [0.25, 0.3) is 0 Å². The maximum atomic E-state index is 6.39. The van der Waals surface area contributed by atoms with Gasteiger partial charge in [0.05, 0.1) is 11.3 Å². The third-order valence-electron chi connectivity index (χ3n) is 3.21. The van der Waals surface area contributed by atoms with Crippen LogP contribution in [-0.2, 0) is 0 Å².